The van der Waals surface area contributed by atoms with E-state index in [0.29, 0.717) is 18.8 Å². The van der Waals surface area contributed by atoms with E-state index in [9.17, 15) is 9.18 Å². The second-order valence-electron chi connectivity index (χ2n) is 5.72. The molecular formula is C18H20ClFN2OS. The number of carbonyl (C=O) groups is 1. The van der Waals surface area contributed by atoms with E-state index in [1.807, 2.05) is 23.1 Å². The first-order chi connectivity index (χ1) is 11.1. The molecule has 1 aliphatic rings. The lowest BCUT2D eigenvalue weighted by molar-refractivity contribution is -0.127. The first-order valence-corrected chi connectivity index (χ1v) is 8.59. The summed E-state index contributed by atoms with van der Waals surface area (Å²) < 4.78 is 12.9. The van der Waals surface area contributed by atoms with E-state index in [0.717, 1.165) is 4.90 Å². The van der Waals surface area contributed by atoms with Crippen LogP contribution in [-0.2, 0) is 4.79 Å². The van der Waals surface area contributed by atoms with Gasteiger partial charge in [-0.05, 0) is 29.8 Å². The molecule has 6 heteroatoms. The van der Waals surface area contributed by atoms with Gasteiger partial charge in [0.25, 0.3) is 0 Å². The van der Waals surface area contributed by atoms with Gasteiger partial charge in [0.05, 0.1) is 5.75 Å². The molecule has 1 amide bonds. The van der Waals surface area contributed by atoms with Crippen LogP contribution in [0.5, 0.6) is 0 Å². The predicted octanol–water partition coefficient (Wildman–Crippen LogP) is 3.29. The maximum absolute atomic E-state index is 12.9. The van der Waals surface area contributed by atoms with Crippen molar-refractivity contribution in [2.24, 2.45) is 5.73 Å². The van der Waals surface area contributed by atoms with Crippen LogP contribution in [0.25, 0.3) is 0 Å². The zero-order chi connectivity index (χ0) is 16.2. The van der Waals surface area contributed by atoms with Gasteiger partial charge in [-0.1, -0.05) is 30.3 Å². The number of hydrogen-bond acceptors (Lipinski definition) is 3. The van der Waals surface area contributed by atoms with Gasteiger partial charge in [-0.2, -0.15) is 0 Å². The van der Waals surface area contributed by atoms with Gasteiger partial charge < -0.3 is 10.6 Å². The molecule has 0 unspecified atom stereocenters. The summed E-state index contributed by atoms with van der Waals surface area (Å²) >= 11 is 1.42. The van der Waals surface area contributed by atoms with Gasteiger partial charge in [-0.15, -0.1) is 24.2 Å². The number of hydrogen-bond donors (Lipinski definition) is 1. The van der Waals surface area contributed by atoms with Crippen LogP contribution in [0.4, 0.5) is 4.39 Å². The molecule has 1 saturated heterocycles. The number of benzene rings is 2. The number of rotatable bonds is 4. The van der Waals surface area contributed by atoms with Crippen molar-refractivity contribution in [2.45, 2.75) is 16.9 Å². The topological polar surface area (TPSA) is 46.3 Å². The molecular weight excluding hydrogens is 347 g/mol. The van der Waals surface area contributed by atoms with Crippen molar-refractivity contribution in [3.63, 3.8) is 0 Å². The highest BCUT2D eigenvalue weighted by atomic mass is 35.5. The van der Waals surface area contributed by atoms with Gasteiger partial charge in [-0.3, -0.25) is 4.79 Å². The fourth-order valence-electron chi connectivity index (χ4n) is 2.85. The summed E-state index contributed by atoms with van der Waals surface area (Å²) in [6.07, 6.45) is 0. The molecule has 128 valence electrons. The Hall–Kier alpha value is -1.56. The van der Waals surface area contributed by atoms with Gasteiger partial charge in [0, 0.05) is 29.9 Å². The first-order valence-electron chi connectivity index (χ1n) is 7.60. The lowest BCUT2D eigenvalue weighted by atomic mass is 9.95. The van der Waals surface area contributed by atoms with Crippen LogP contribution >= 0.6 is 24.2 Å². The van der Waals surface area contributed by atoms with E-state index in [-0.39, 0.29) is 36.1 Å². The quantitative estimate of drug-likeness (QED) is 0.844. The summed E-state index contributed by atoms with van der Waals surface area (Å²) in [4.78, 5) is 15.1. The third kappa shape index (κ3) is 4.50. The Kier molecular flexibility index (Phi) is 6.66. The van der Waals surface area contributed by atoms with Crippen molar-refractivity contribution >= 4 is 30.1 Å². The Labute approximate surface area is 151 Å². The number of halogens is 2. The lowest BCUT2D eigenvalue weighted by Crippen LogP contribution is -2.33. The number of carbonyl (C=O) groups excluding carboxylic acids is 1. The van der Waals surface area contributed by atoms with Gasteiger partial charge in [0.2, 0.25) is 5.91 Å². The highest BCUT2D eigenvalue weighted by Crippen LogP contribution is 2.27. The molecule has 1 aliphatic heterocycles. The van der Waals surface area contributed by atoms with Crippen molar-refractivity contribution in [3.05, 3.63) is 66.0 Å². The number of likely N-dealkylation sites (tertiary alicyclic amines) is 1. The molecule has 24 heavy (non-hydrogen) atoms. The summed E-state index contributed by atoms with van der Waals surface area (Å²) in [6.45, 7) is 1.25. The smallest absolute Gasteiger partial charge is 0.233 e. The minimum Gasteiger partial charge on any atom is -0.340 e. The summed E-state index contributed by atoms with van der Waals surface area (Å²) in [5, 5.41) is 0. The Bertz CT molecular complexity index is 668. The Balaban J connectivity index is 0.00000208. The minimum atomic E-state index is -0.267. The summed E-state index contributed by atoms with van der Waals surface area (Å²) in [7, 11) is 0. The van der Waals surface area contributed by atoms with Crippen LogP contribution in [0.1, 0.15) is 11.5 Å². The first kappa shape index (κ1) is 18.8. The second-order valence-corrected chi connectivity index (χ2v) is 6.77. The molecule has 2 aromatic rings. The molecule has 1 fully saturated rings. The maximum atomic E-state index is 12.9. The van der Waals surface area contributed by atoms with Crippen molar-refractivity contribution < 1.29 is 9.18 Å². The zero-order valence-electron chi connectivity index (χ0n) is 13.1. The minimum absolute atomic E-state index is 0. The average molecular weight is 367 g/mol. The fourth-order valence-corrected chi connectivity index (χ4v) is 3.65. The summed E-state index contributed by atoms with van der Waals surface area (Å²) in [5.74, 6) is 0.348. The molecule has 1 heterocycles. The molecule has 0 aromatic heterocycles. The zero-order valence-corrected chi connectivity index (χ0v) is 14.7. The molecule has 0 saturated carbocycles. The third-order valence-electron chi connectivity index (χ3n) is 4.12. The molecule has 0 radical (unpaired) electrons. The van der Waals surface area contributed by atoms with E-state index in [4.69, 9.17) is 5.73 Å². The molecule has 0 bridgehead atoms. The molecule has 0 spiro atoms. The normalized spacial score (nSPS) is 19.8. The average Bonchev–Trinajstić information content (AvgIpc) is 2.97. The van der Waals surface area contributed by atoms with Gasteiger partial charge >= 0.3 is 0 Å². The SMILES string of the molecule is Cl.N[C@@H]1CN(C(=O)CSc2ccc(F)cc2)C[C@H]1c1ccccc1. The number of nitrogens with two attached hydrogens (primary N) is 1. The van der Waals surface area contributed by atoms with Crippen LogP contribution in [0.3, 0.4) is 0 Å². The van der Waals surface area contributed by atoms with Gasteiger partial charge in [0.1, 0.15) is 5.82 Å². The van der Waals surface area contributed by atoms with Crippen LogP contribution in [0, 0.1) is 5.82 Å². The molecule has 3 nitrogen and oxygen atoms in total. The molecule has 2 atom stereocenters. The lowest BCUT2D eigenvalue weighted by Gasteiger charge is -2.16. The standard InChI is InChI=1S/C18H19FN2OS.ClH/c19-14-6-8-15(9-7-14)23-12-18(22)21-10-16(17(20)11-21)13-4-2-1-3-5-13;/h1-9,16-17H,10-12,20H2;1H/t16-,17+;/m0./s1. The highest BCUT2D eigenvalue weighted by Gasteiger charge is 2.33. The van der Waals surface area contributed by atoms with Gasteiger partial charge in [0.15, 0.2) is 0 Å². The van der Waals surface area contributed by atoms with E-state index < -0.39 is 0 Å². The van der Waals surface area contributed by atoms with Crippen molar-refractivity contribution in [2.75, 3.05) is 18.8 Å². The molecule has 2 N–H and O–H groups in total. The van der Waals surface area contributed by atoms with Crippen molar-refractivity contribution in [3.8, 4) is 0 Å². The van der Waals surface area contributed by atoms with E-state index in [1.54, 1.807) is 12.1 Å². The van der Waals surface area contributed by atoms with Crippen LogP contribution in [-0.4, -0.2) is 35.7 Å². The van der Waals surface area contributed by atoms with Crippen molar-refractivity contribution in [1.82, 2.24) is 4.90 Å². The number of thioether (sulfide) groups is 1. The monoisotopic (exact) mass is 366 g/mol. The predicted molar refractivity (Wildman–Crippen MR) is 98.1 cm³/mol. The molecule has 0 aliphatic carbocycles. The summed E-state index contributed by atoms with van der Waals surface area (Å²) in [6, 6.07) is 16.3. The largest absolute Gasteiger partial charge is 0.340 e. The highest BCUT2D eigenvalue weighted by molar-refractivity contribution is 8.00. The van der Waals surface area contributed by atoms with E-state index in [1.165, 1.54) is 29.5 Å². The fraction of sp³-hybridized carbons (Fsp3) is 0.278. The Morgan fingerprint density at radius 3 is 2.46 bits per heavy atom. The summed E-state index contributed by atoms with van der Waals surface area (Å²) in [5.41, 5.74) is 7.40. The number of nitrogens with zero attached hydrogens (tertiary/aromatic N) is 1. The van der Waals surface area contributed by atoms with Crippen LogP contribution < -0.4 is 5.73 Å². The molecule has 2 aromatic carbocycles. The van der Waals surface area contributed by atoms with Crippen LogP contribution in [0.15, 0.2) is 59.5 Å². The van der Waals surface area contributed by atoms with Crippen molar-refractivity contribution in [1.29, 1.82) is 0 Å². The van der Waals surface area contributed by atoms with E-state index in [2.05, 4.69) is 12.1 Å². The maximum Gasteiger partial charge on any atom is 0.233 e. The third-order valence-corrected chi connectivity index (χ3v) is 5.12. The van der Waals surface area contributed by atoms with Crippen LogP contribution in [0.2, 0.25) is 0 Å². The molecule has 3 rings (SSSR count). The second kappa shape index (κ2) is 8.51. The Morgan fingerprint density at radius 2 is 1.79 bits per heavy atom. The van der Waals surface area contributed by atoms with Gasteiger partial charge in [-0.25, -0.2) is 4.39 Å². The number of amides is 1. The Morgan fingerprint density at radius 1 is 1.12 bits per heavy atom. The van der Waals surface area contributed by atoms with E-state index >= 15 is 0 Å².